The summed E-state index contributed by atoms with van der Waals surface area (Å²) in [6.07, 6.45) is 2.75. The predicted molar refractivity (Wildman–Crippen MR) is 69.5 cm³/mol. The van der Waals surface area contributed by atoms with Crippen molar-refractivity contribution in [2.45, 2.75) is 60.0 Å². The molecule has 0 atom stereocenters. The first-order valence-corrected chi connectivity index (χ1v) is 5.98. The van der Waals surface area contributed by atoms with Crippen molar-refractivity contribution in [3.63, 3.8) is 0 Å². The number of hydrogen-bond donors (Lipinski definition) is 4. The van der Waals surface area contributed by atoms with Crippen LogP contribution >= 0.6 is 0 Å². The maximum atomic E-state index is 8.07. The van der Waals surface area contributed by atoms with Gasteiger partial charge in [0.25, 0.3) is 0 Å². The zero-order valence-corrected chi connectivity index (χ0v) is 11.6. The Morgan fingerprint density at radius 3 is 1.06 bits per heavy atom. The molecule has 0 bridgehead atoms. The minimum atomic E-state index is -0.167. The van der Waals surface area contributed by atoms with Gasteiger partial charge in [-0.1, -0.05) is 20.3 Å². The molecule has 0 fully saturated rings. The van der Waals surface area contributed by atoms with Crippen molar-refractivity contribution >= 4 is 0 Å². The molecule has 0 amide bonds. The third-order valence-electron chi connectivity index (χ3n) is 0.735. The number of rotatable bonds is 3. The molecule has 0 saturated carbocycles. The van der Waals surface area contributed by atoms with Gasteiger partial charge >= 0.3 is 0 Å². The molecular weight excluding hydrogens is 208 g/mol. The molecular formula is C12H32O4. The van der Waals surface area contributed by atoms with Crippen LogP contribution in [0.15, 0.2) is 0 Å². The highest BCUT2D eigenvalue weighted by molar-refractivity contribution is 4.23. The van der Waals surface area contributed by atoms with Gasteiger partial charge in [-0.3, -0.25) is 0 Å². The molecule has 0 aliphatic rings. The fourth-order valence-corrected chi connectivity index (χ4v) is 0.158. The smallest absolute Gasteiger partial charge is 0.0483 e. The first-order chi connectivity index (χ1) is 7.47. The molecule has 104 valence electrons. The van der Waals surface area contributed by atoms with Crippen molar-refractivity contribution in [3.05, 3.63) is 0 Å². The van der Waals surface area contributed by atoms with Crippen molar-refractivity contribution in [3.8, 4) is 0 Å². The molecule has 0 rings (SSSR count). The third kappa shape index (κ3) is 283. The van der Waals surface area contributed by atoms with E-state index in [4.69, 9.17) is 20.4 Å². The molecule has 4 N–H and O–H groups in total. The lowest BCUT2D eigenvalue weighted by atomic mass is 10.4. The third-order valence-corrected chi connectivity index (χ3v) is 0.735. The minimum absolute atomic E-state index is 0.167. The number of unbranched alkanes of at least 4 members (excludes halogenated alkanes) is 1. The summed E-state index contributed by atoms with van der Waals surface area (Å²) in [4.78, 5) is 0. The van der Waals surface area contributed by atoms with E-state index in [1.54, 1.807) is 20.8 Å². The fourth-order valence-electron chi connectivity index (χ4n) is 0.158. The van der Waals surface area contributed by atoms with Gasteiger partial charge in [0, 0.05) is 25.9 Å². The SMILES string of the molecule is CC(C)O.CCCCO.CCCO.CCO. The quantitative estimate of drug-likeness (QED) is 0.603. The lowest BCUT2D eigenvalue weighted by Gasteiger charge is -1.80. The second-order valence-corrected chi connectivity index (χ2v) is 3.21. The van der Waals surface area contributed by atoms with E-state index in [0.717, 1.165) is 19.3 Å². The van der Waals surface area contributed by atoms with Crippen LogP contribution < -0.4 is 0 Å². The van der Waals surface area contributed by atoms with Gasteiger partial charge in [-0.05, 0) is 33.6 Å². The highest BCUT2D eigenvalue weighted by atomic mass is 16.3. The largest absolute Gasteiger partial charge is 0.397 e. The standard InChI is InChI=1S/C4H10O.2C3H8O.C2H6O/c1-2-3-4-5;1-3(2)4;1-2-3-4;1-2-3/h5H,2-4H2,1H3;3-4H,1-2H3;4H,2-3H2,1H3;3H,2H2,1H3. The molecule has 0 saturated heterocycles. The Morgan fingerprint density at radius 2 is 1.06 bits per heavy atom. The highest BCUT2D eigenvalue weighted by Crippen LogP contribution is 1.78. The monoisotopic (exact) mass is 240 g/mol. The maximum Gasteiger partial charge on any atom is 0.0483 e. The van der Waals surface area contributed by atoms with Crippen LogP contribution in [0.25, 0.3) is 0 Å². The molecule has 0 unspecified atom stereocenters. The molecule has 0 aliphatic heterocycles. The Bertz CT molecular complexity index is 61.3. The zero-order valence-electron chi connectivity index (χ0n) is 11.6. The van der Waals surface area contributed by atoms with E-state index < -0.39 is 0 Å². The van der Waals surface area contributed by atoms with Crippen molar-refractivity contribution in [2.24, 2.45) is 0 Å². The topological polar surface area (TPSA) is 80.9 Å². The van der Waals surface area contributed by atoms with Gasteiger partial charge in [-0.2, -0.15) is 0 Å². The highest BCUT2D eigenvalue weighted by Gasteiger charge is 1.69. The second kappa shape index (κ2) is 36.4. The molecule has 0 aliphatic carbocycles. The first-order valence-electron chi connectivity index (χ1n) is 5.98. The van der Waals surface area contributed by atoms with Gasteiger partial charge in [0.15, 0.2) is 0 Å². The number of hydrogen-bond acceptors (Lipinski definition) is 4. The van der Waals surface area contributed by atoms with Gasteiger partial charge in [0.05, 0.1) is 0 Å². The summed E-state index contributed by atoms with van der Waals surface area (Å²) in [6, 6.07) is 0. The average molecular weight is 240 g/mol. The van der Waals surface area contributed by atoms with Crippen LogP contribution in [-0.2, 0) is 0 Å². The van der Waals surface area contributed by atoms with Crippen molar-refractivity contribution < 1.29 is 20.4 Å². The minimum Gasteiger partial charge on any atom is -0.397 e. The van der Waals surface area contributed by atoms with Crippen molar-refractivity contribution in [1.82, 2.24) is 0 Å². The first kappa shape index (κ1) is 24.9. The molecule has 0 aromatic carbocycles. The Kier molecular flexibility index (Phi) is 56.6. The molecule has 0 aromatic heterocycles. The summed E-state index contributed by atoms with van der Waals surface area (Å²) >= 11 is 0. The van der Waals surface area contributed by atoms with Crippen LogP contribution in [-0.4, -0.2) is 46.4 Å². The van der Waals surface area contributed by atoms with E-state index in [1.165, 1.54) is 0 Å². The van der Waals surface area contributed by atoms with Gasteiger partial charge < -0.3 is 20.4 Å². The summed E-state index contributed by atoms with van der Waals surface area (Å²) in [5.74, 6) is 0. The average Bonchev–Trinajstić information content (AvgIpc) is 2.20. The Labute approximate surface area is 101 Å². The summed E-state index contributed by atoms with van der Waals surface area (Å²) in [6.45, 7) is 10.0. The van der Waals surface area contributed by atoms with Gasteiger partial charge in [0.2, 0.25) is 0 Å². The Hall–Kier alpha value is -0.160. The van der Waals surface area contributed by atoms with E-state index in [2.05, 4.69) is 6.92 Å². The number of aliphatic hydroxyl groups is 4. The van der Waals surface area contributed by atoms with Crippen LogP contribution in [0.1, 0.15) is 53.9 Å². The van der Waals surface area contributed by atoms with E-state index in [1.807, 2.05) is 6.92 Å². The van der Waals surface area contributed by atoms with E-state index in [0.29, 0.717) is 13.2 Å². The van der Waals surface area contributed by atoms with Crippen LogP contribution in [0.5, 0.6) is 0 Å². The van der Waals surface area contributed by atoms with Crippen LogP contribution in [0.4, 0.5) is 0 Å². The summed E-state index contributed by atoms with van der Waals surface area (Å²) in [7, 11) is 0. The maximum absolute atomic E-state index is 8.07. The molecule has 0 radical (unpaired) electrons. The van der Waals surface area contributed by atoms with E-state index >= 15 is 0 Å². The summed E-state index contributed by atoms with van der Waals surface area (Å²) in [5, 5.41) is 31.6. The van der Waals surface area contributed by atoms with Crippen molar-refractivity contribution in [1.29, 1.82) is 0 Å². The second-order valence-electron chi connectivity index (χ2n) is 3.21. The molecule has 0 aromatic rings. The van der Waals surface area contributed by atoms with Gasteiger partial charge in [-0.15, -0.1) is 0 Å². The Morgan fingerprint density at radius 1 is 0.812 bits per heavy atom. The molecule has 0 heterocycles. The van der Waals surface area contributed by atoms with Gasteiger partial charge in [0.1, 0.15) is 0 Å². The normalized spacial score (nSPS) is 7.88. The lowest BCUT2D eigenvalue weighted by molar-refractivity contribution is 0.216. The molecule has 4 nitrogen and oxygen atoms in total. The van der Waals surface area contributed by atoms with Gasteiger partial charge in [-0.25, -0.2) is 0 Å². The molecule has 16 heavy (non-hydrogen) atoms. The van der Waals surface area contributed by atoms with E-state index in [9.17, 15) is 0 Å². The van der Waals surface area contributed by atoms with E-state index in [-0.39, 0.29) is 12.7 Å². The lowest BCUT2D eigenvalue weighted by Crippen LogP contribution is -1.85. The van der Waals surface area contributed by atoms with Crippen LogP contribution in [0.3, 0.4) is 0 Å². The summed E-state index contributed by atoms with van der Waals surface area (Å²) in [5.41, 5.74) is 0. The summed E-state index contributed by atoms with van der Waals surface area (Å²) < 4.78 is 0. The predicted octanol–water partition coefficient (Wildman–Crippen LogP) is 1.55. The van der Waals surface area contributed by atoms with Crippen molar-refractivity contribution in [2.75, 3.05) is 19.8 Å². The fraction of sp³-hybridized carbons (Fsp3) is 1.00. The zero-order chi connectivity index (χ0) is 13.8. The molecule has 0 spiro atoms. The van der Waals surface area contributed by atoms with Crippen LogP contribution in [0.2, 0.25) is 0 Å². The Balaban J connectivity index is -0.0000000610. The van der Waals surface area contributed by atoms with Crippen LogP contribution in [0, 0.1) is 0 Å². The molecule has 4 heteroatoms. The number of aliphatic hydroxyl groups excluding tert-OH is 4.